The maximum absolute atomic E-state index is 12.4. The molecule has 0 aliphatic carbocycles. The maximum atomic E-state index is 12.4. The van der Waals surface area contributed by atoms with Gasteiger partial charge < -0.3 is 15.4 Å². The first kappa shape index (κ1) is 20.0. The zero-order valence-electron chi connectivity index (χ0n) is 16.3. The average molecular weight is 390 g/mol. The number of anilines is 2. The monoisotopic (exact) mass is 390 g/mol. The van der Waals surface area contributed by atoms with Crippen molar-refractivity contribution in [2.24, 2.45) is 0 Å². The molecule has 0 aliphatic heterocycles. The van der Waals surface area contributed by atoms with Gasteiger partial charge in [-0.15, -0.1) is 0 Å². The molecule has 29 heavy (non-hydrogen) atoms. The van der Waals surface area contributed by atoms with Crippen LogP contribution in [0.3, 0.4) is 0 Å². The van der Waals surface area contributed by atoms with Crippen LogP contribution in [0.2, 0.25) is 0 Å². The average Bonchev–Trinajstić information content (AvgIpc) is 2.74. The Kier molecular flexibility index (Phi) is 6.52. The lowest BCUT2D eigenvalue weighted by Gasteiger charge is -2.09. The summed E-state index contributed by atoms with van der Waals surface area (Å²) in [5.41, 5.74) is 2.67. The molecule has 7 nitrogen and oxygen atoms in total. The number of carbonyl (C=O) groups excluding carboxylic acids is 2. The normalized spacial score (nSPS) is 10.3. The van der Waals surface area contributed by atoms with Gasteiger partial charge in [0.05, 0.1) is 7.11 Å². The molecule has 0 saturated carbocycles. The molecule has 2 N–H and O–H groups in total. The lowest BCUT2D eigenvalue weighted by Crippen LogP contribution is -2.26. The van der Waals surface area contributed by atoms with Crippen molar-refractivity contribution in [2.75, 3.05) is 19.0 Å². The van der Waals surface area contributed by atoms with Crippen LogP contribution in [0.4, 0.5) is 11.5 Å². The zero-order chi connectivity index (χ0) is 20.6. The maximum Gasteiger partial charge on any atom is 0.270 e. The van der Waals surface area contributed by atoms with Crippen molar-refractivity contribution in [3.63, 3.8) is 0 Å². The standard InChI is InChI=1S/C22H22N4O3/c1-15(27)17-4-3-5-18(12-17)26-21-13-20(24-14-25-21)22(28)23-11-10-16-6-8-19(29-2)9-7-16/h3-9,12-14H,10-11H2,1-2H3,(H,23,28)(H,24,25,26). The second kappa shape index (κ2) is 9.45. The van der Waals surface area contributed by atoms with Crippen LogP contribution in [0.1, 0.15) is 33.3 Å². The van der Waals surface area contributed by atoms with E-state index in [4.69, 9.17) is 4.74 Å². The first-order valence-corrected chi connectivity index (χ1v) is 9.16. The van der Waals surface area contributed by atoms with Crippen molar-refractivity contribution in [1.29, 1.82) is 0 Å². The highest BCUT2D eigenvalue weighted by Gasteiger charge is 2.09. The van der Waals surface area contributed by atoms with Gasteiger partial charge in [-0.05, 0) is 43.2 Å². The van der Waals surface area contributed by atoms with Crippen LogP contribution in [-0.4, -0.2) is 35.3 Å². The van der Waals surface area contributed by atoms with Crippen molar-refractivity contribution in [3.05, 3.63) is 77.7 Å². The summed E-state index contributed by atoms with van der Waals surface area (Å²) in [5, 5.41) is 5.95. The summed E-state index contributed by atoms with van der Waals surface area (Å²) in [4.78, 5) is 32.1. The van der Waals surface area contributed by atoms with E-state index in [2.05, 4.69) is 20.6 Å². The Balaban J connectivity index is 1.58. The summed E-state index contributed by atoms with van der Waals surface area (Å²) in [6.07, 6.45) is 2.03. The van der Waals surface area contributed by atoms with E-state index < -0.39 is 0 Å². The molecule has 0 bridgehead atoms. The minimum atomic E-state index is -0.276. The van der Waals surface area contributed by atoms with Crippen LogP contribution < -0.4 is 15.4 Å². The lowest BCUT2D eigenvalue weighted by molar-refractivity contribution is 0.0948. The van der Waals surface area contributed by atoms with Gasteiger partial charge in [-0.1, -0.05) is 24.3 Å². The first-order valence-electron chi connectivity index (χ1n) is 9.16. The van der Waals surface area contributed by atoms with E-state index in [1.807, 2.05) is 30.3 Å². The topological polar surface area (TPSA) is 93.2 Å². The Morgan fingerprint density at radius 3 is 2.55 bits per heavy atom. The summed E-state index contributed by atoms with van der Waals surface area (Å²) in [7, 11) is 1.63. The lowest BCUT2D eigenvalue weighted by atomic mass is 10.1. The number of methoxy groups -OCH3 is 1. The van der Waals surface area contributed by atoms with Crippen molar-refractivity contribution in [3.8, 4) is 5.75 Å². The molecule has 7 heteroatoms. The van der Waals surface area contributed by atoms with E-state index in [1.54, 1.807) is 31.4 Å². The van der Waals surface area contributed by atoms with E-state index >= 15 is 0 Å². The van der Waals surface area contributed by atoms with Crippen LogP contribution in [0.5, 0.6) is 5.75 Å². The molecular weight excluding hydrogens is 368 g/mol. The second-order valence-corrected chi connectivity index (χ2v) is 6.40. The summed E-state index contributed by atoms with van der Waals surface area (Å²) >= 11 is 0. The third kappa shape index (κ3) is 5.62. The van der Waals surface area contributed by atoms with Crippen LogP contribution >= 0.6 is 0 Å². The summed E-state index contributed by atoms with van der Waals surface area (Å²) < 4.78 is 5.14. The molecule has 3 aromatic rings. The molecule has 148 valence electrons. The first-order chi connectivity index (χ1) is 14.0. The van der Waals surface area contributed by atoms with Crippen LogP contribution in [-0.2, 0) is 6.42 Å². The molecule has 0 unspecified atom stereocenters. The number of ketones is 1. The number of carbonyl (C=O) groups is 2. The van der Waals surface area contributed by atoms with Gasteiger partial charge in [0.1, 0.15) is 23.6 Å². The number of nitrogens with zero attached hydrogens (tertiary/aromatic N) is 2. The molecule has 1 aromatic heterocycles. The third-order valence-corrected chi connectivity index (χ3v) is 4.30. The summed E-state index contributed by atoms with van der Waals surface area (Å²) in [6.45, 7) is 2.00. The number of ether oxygens (including phenoxy) is 1. The number of aromatic nitrogens is 2. The number of benzene rings is 2. The Morgan fingerprint density at radius 1 is 1.03 bits per heavy atom. The molecule has 0 atom stereocenters. The third-order valence-electron chi connectivity index (χ3n) is 4.30. The predicted octanol–water partition coefficient (Wildman–Crippen LogP) is 3.40. The number of rotatable bonds is 8. The molecular formula is C22H22N4O3. The van der Waals surface area contributed by atoms with E-state index in [9.17, 15) is 9.59 Å². The highest BCUT2D eigenvalue weighted by molar-refractivity contribution is 5.95. The largest absolute Gasteiger partial charge is 0.497 e. The highest BCUT2D eigenvalue weighted by atomic mass is 16.5. The Bertz CT molecular complexity index is 1000. The van der Waals surface area contributed by atoms with E-state index in [0.29, 0.717) is 30.0 Å². The van der Waals surface area contributed by atoms with Gasteiger partial charge in [-0.25, -0.2) is 9.97 Å². The Morgan fingerprint density at radius 2 is 1.83 bits per heavy atom. The molecule has 3 rings (SSSR count). The number of nitrogens with one attached hydrogen (secondary N) is 2. The van der Waals surface area contributed by atoms with Gasteiger partial charge in [-0.3, -0.25) is 9.59 Å². The number of Topliss-reactive ketones (excluding diaryl/α,β-unsaturated/α-hetero) is 1. The van der Waals surface area contributed by atoms with Crippen molar-refractivity contribution in [1.82, 2.24) is 15.3 Å². The van der Waals surface area contributed by atoms with Gasteiger partial charge in [0.25, 0.3) is 5.91 Å². The molecule has 2 aromatic carbocycles. The van der Waals surface area contributed by atoms with Gasteiger partial charge in [-0.2, -0.15) is 0 Å². The Labute approximate surface area is 169 Å². The molecule has 0 radical (unpaired) electrons. The minimum Gasteiger partial charge on any atom is -0.497 e. The zero-order valence-corrected chi connectivity index (χ0v) is 16.3. The van der Waals surface area contributed by atoms with Crippen molar-refractivity contribution in [2.45, 2.75) is 13.3 Å². The fourth-order valence-electron chi connectivity index (χ4n) is 2.72. The predicted molar refractivity (Wildman–Crippen MR) is 111 cm³/mol. The fourth-order valence-corrected chi connectivity index (χ4v) is 2.72. The highest BCUT2D eigenvalue weighted by Crippen LogP contribution is 2.17. The molecule has 1 amide bonds. The van der Waals surface area contributed by atoms with Gasteiger partial charge in [0.15, 0.2) is 5.78 Å². The van der Waals surface area contributed by atoms with E-state index in [1.165, 1.54) is 13.3 Å². The summed E-state index contributed by atoms with van der Waals surface area (Å²) in [6, 6.07) is 16.4. The van der Waals surface area contributed by atoms with E-state index in [-0.39, 0.29) is 17.4 Å². The van der Waals surface area contributed by atoms with Crippen molar-refractivity contribution < 1.29 is 14.3 Å². The second-order valence-electron chi connectivity index (χ2n) is 6.40. The number of hydrogen-bond acceptors (Lipinski definition) is 6. The SMILES string of the molecule is COc1ccc(CCNC(=O)c2cc(Nc3cccc(C(C)=O)c3)ncn2)cc1. The van der Waals surface area contributed by atoms with Crippen molar-refractivity contribution >= 4 is 23.2 Å². The van der Waals surface area contributed by atoms with E-state index in [0.717, 1.165) is 11.3 Å². The van der Waals surface area contributed by atoms with Crippen LogP contribution in [0.15, 0.2) is 60.9 Å². The van der Waals surface area contributed by atoms with Gasteiger partial charge in [0, 0.05) is 23.9 Å². The van der Waals surface area contributed by atoms with Gasteiger partial charge in [0.2, 0.25) is 0 Å². The van der Waals surface area contributed by atoms with Crippen LogP contribution in [0.25, 0.3) is 0 Å². The molecule has 0 aliphatic rings. The molecule has 0 fully saturated rings. The quantitative estimate of drug-likeness (QED) is 0.573. The summed E-state index contributed by atoms with van der Waals surface area (Å²) in [5.74, 6) is 0.975. The molecule has 1 heterocycles. The molecule has 0 spiro atoms. The Hall–Kier alpha value is -3.74. The smallest absolute Gasteiger partial charge is 0.270 e. The van der Waals surface area contributed by atoms with Crippen LogP contribution in [0, 0.1) is 0 Å². The molecule has 0 saturated heterocycles. The van der Waals surface area contributed by atoms with Gasteiger partial charge >= 0.3 is 0 Å². The fraction of sp³-hybridized carbons (Fsp3) is 0.182. The number of amides is 1. The number of hydrogen-bond donors (Lipinski definition) is 2. The minimum absolute atomic E-state index is 0.0201.